The summed E-state index contributed by atoms with van der Waals surface area (Å²) in [6.45, 7) is 0. The summed E-state index contributed by atoms with van der Waals surface area (Å²) in [6.07, 6.45) is 1.05. The molecule has 1 atom stereocenters. The molecule has 0 aliphatic heterocycles. The number of thiophene rings is 1. The van der Waals surface area contributed by atoms with E-state index < -0.39 is 0 Å². The average Bonchev–Trinajstić information content (AvgIpc) is 2.89. The highest BCUT2D eigenvalue weighted by atomic mass is 79.9. The van der Waals surface area contributed by atoms with Crippen LogP contribution in [0.15, 0.2) is 53.9 Å². The van der Waals surface area contributed by atoms with Gasteiger partial charge in [0.2, 0.25) is 0 Å². The third kappa shape index (κ3) is 2.93. The first-order valence-electron chi connectivity index (χ1n) is 6.54. The molecule has 0 nitrogen and oxygen atoms in total. The van der Waals surface area contributed by atoms with Crippen LogP contribution in [0.2, 0.25) is 5.02 Å². The van der Waals surface area contributed by atoms with Gasteiger partial charge in [0.25, 0.3) is 0 Å². The van der Waals surface area contributed by atoms with Gasteiger partial charge in [-0.2, -0.15) is 0 Å². The summed E-state index contributed by atoms with van der Waals surface area (Å²) in [5.41, 5.74) is 2.77. The highest BCUT2D eigenvalue weighted by Gasteiger charge is 2.13. The number of fused-ring (bicyclic) bond motifs is 1. The lowest BCUT2D eigenvalue weighted by molar-refractivity contribution is 0.782. The highest BCUT2D eigenvalue weighted by Crippen LogP contribution is 2.31. The third-order valence-corrected chi connectivity index (χ3v) is 5.60. The van der Waals surface area contributed by atoms with Crippen LogP contribution in [0.25, 0.3) is 10.1 Å². The predicted octanol–water partition coefficient (Wildman–Crippen LogP) is 6.28. The van der Waals surface area contributed by atoms with Gasteiger partial charge in [-0.15, -0.1) is 11.3 Å². The molecule has 3 aromatic rings. The van der Waals surface area contributed by atoms with Crippen LogP contribution in [0.1, 0.15) is 17.0 Å². The molecule has 0 fully saturated rings. The molecule has 1 aromatic heterocycles. The molecule has 0 saturated heterocycles. The van der Waals surface area contributed by atoms with Crippen LogP contribution >= 0.6 is 38.9 Å². The van der Waals surface area contributed by atoms with Gasteiger partial charge in [-0.05, 0) is 52.4 Å². The molecule has 0 aliphatic rings. The van der Waals surface area contributed by atoms with Crippen molar-refractivity contribution >= 4 is 49.0 Å². The molecule has 0 aliphatic carbocycles. The zero-order valence-electron chi connectivity index (χ0n) is 10.9. The van der Waals surface area contributed by atoms with Gasteiger partial charge in [0.15, 0.2) is 0 Å². The molecule has 0 spiro atoms. The number of rotatable bonds is 4. The predicted molar refractivity (Wildman–Crippen MR) is 93.5 cm³/mol. The van der Waals surface area contributed by atoms with Crippen molar-refractivity contribution < 1.29 is 0 Å². The molecule has 2 aromatic carbocycles. The first-order chi connectivity index (χ1) is 9.78. The fraction of sp³-hybridized carbons (Fsp3) is 0.176. The molecular weight excluding hydrogens is 352 g/mol. The summed E-state index contributed by atoms with van der Waals surface area (Å²) < 4.78 is 1.37. The fourth-order valence-electron chi connectivity index (χ4n) is 2.45. The SMILES string of the molecule is Clc1ccc(C(CBr)Cc2csc3ccccc23)cc1. The second kappa shape index (κ2) is 6.30. The van der Waals surface area contributed by atoms with Crippen molar-refractivity contribution in [1.82, 2.24) is 0 Å². The van der Waals surface area contributed by atoms with Crippen molar-refractivity contribution in [2.75, 3.05) is 5.33 Å². The fourth-order valence-corrected chi connectivity index (χ4v) is 4.16. The first kappa shape index (κ1) is 14.1. The van der Waals surface area contributed by atoms with Crippen LogP contribution in [0.5, 0.6) is 0 Å². The summed E-state index contributed by atoms with van der Waals surface area (Å²) >= 11 is 11.4. The van der Waals surface area contributed by atoms with Crippen molar-refractivity contribution in [3.63, 3.8) is 0 Å². The van der Waals surface area contributed by atoms with Crippen LogP contribution in [-0.2, 0) is 6.42 Å². The molecular formula is C17H14BrClS. The summed E-state index contributed by atoms with van der Waals surface area (Å²) in [5, 5.41) is 5.43. The second-order valence-electron chi connectivity index (χ2n) is 4.86. The Balaban J connectivity index is 1.89. The normalized spacial score (nSPS) is 12.7. The van der Waals surface area contributed by atoms with E-state index in [1.807, 2.05) is 23.5 Å². The zero-order chi connectivity index (χ0) is 13.9. The maximum atomic E-state index is 5.97. The quantitative estimate of drug-likeness (QED) is 0.477. The molecule has 0 radical (unpaired) electrons. The lowest BCUT2D eigenvalue weighted by atomic mass is 9.93. The second-order valence-corrected chi connectivity index (χ2v) is 6.86. The van der Waals surface area contributed by atoms with Gasteiger partial charge in [-0.1, -0.05) is 57.9 Å². The monoisotopic (exact) mass is 364 g/mol. The lowest BCUT2D eigenvalue weighted by Crippen LogP contribution is -2.04. The van der Waals surface area contributed by atoms with E-state index in [-0.39, 0.29) is 0 Å². The van der Waals surface area contributed by atoms with E-state index in [0.29, 0.717) is 5.92 Å². The van der Waals surface area contributed by atoms with Gasteiger partial charge in [-0.3, -0.25) is 0 Å². The van der Waals surface area contributed by atoms with E-state index in [1.54, 1.807) is 0 Å². The largest absolute Gasteiger partial charge is 0.144 e. The lowest BCUT2D eigenvalue weighted by Gasteiger charge is -2.14. The van der Waals surface area contributed by atoms with E-state index in [4.69, 9.17) is 11.6 Å². The van der Waals surface area contributed by atoms with Crippen LogP contribution in [-0.4, -0.2) is 5.33 Å². The Morgan fingerprint density at radius 1 is 1.05 bits per heavy atom. The minimum absolute atomic E-state index is 0.477. The van der Waals surface area contributed by atoms with Gasteiger partial charge >= 0.3 is 0 Å². The van der Waals surface area contributed by atoms with Crippen LogP contribution in [0.4, 0.5) is 0 Å². The Bertz CT molecular complexity index is 702. The Kier molecular flexibility index (Phi) is 4.45. The first-order valence-corrected chi connectivity index (χ1v) is 8.92. The average molecular weight is 366 g/mol. The van der Waals surface area contributed by atoms with Crippen molar-refractivity contribution in [3.8, 4) is 0 Å². The number of hydrogen-bond acceptors (Lipinski definition) is 1. The van der Waals surface area contributed by atoms with E-state index in [1.165, 1.54) is 21.2 Å². The highest BCUT2D eigenvalue weighted by molar-refractivity contribution is 9.09. The maximum absolute atomic E-state index is 5.97. The zero-order valence-corrected chi connectivity index (χ0v) is 14.0. The van der Waals surface area contributed by atoms with Crippen molar-refractivity contribution in [1.29, 1.82) is 0 Å². The Hall–Kier alpha value is -0.830. The Morgan fingerprint density at radius 3 is 2.55 bits per heavy atom. The van der Waals surface area contributed by atoms with E-state index in [9.17, 15) is 0 Å². The molecule has 20 heavy (non-hydrogen) atoms. The standard InChI is InChI=1S/C17H14BrClS/c18-10-13(12-5-7-15(19)8-6-12)9-14-11-20-17-4-2-1-3-16(14)17/h1-8,11,13H,9-10H2. The van der Waals surface area contributed by atoms with E-state index >= 15 is 0 Å². The van der Waals surface area contributed by atoms with Crippen LogP contribution in [0.3, 0.4) is 0 Å². The van der Waals surface area contributed by atoms with Gasteiger partial charge < -0.3 is 0 Å². The summed E-state index contributed by atoms with van der Waals surface area (Å²) in [6, 6.07) is 16.8. The molecule has 0 saturated carbocycles. The molecule has 3 heteroatoms. The van der Waals surface area contributed by atoms with Crippen molar-refractivity contribution in [2.45, 2.75) is 12.3 Å². The van der Waals surface area contributed by atoms with Gasteiger partial charge in [0, 0.05) is 15.1 Å². The van der Waals surface area contributed by atoms with Crippen LogP contribution in [0, 0.1) is 0 Å². The molecule has 1 heterocycles. The van der Waals surface area contributed by atoms with E-state index in [0.717, 1.165) is 16.8 Å². The minimum Gasteiger partial charge on any atom is -0.144 e. The molecule has 1 unspecified atom stereocenters. The summed E-state index contributed by atoms with van der Waals surface area (Å²) in [4.78, 5) is 0. The van der Waals surface area contributed by atoms with Gasteiger partial charge in [0.05, 0.1) is 0 Å². The number of halogens is 2. The third-order valence-electron chi connectivity index (χ3n) is 3.56. The van der Waals surface area contributed by atoms with Crippen molar-refractivity contribution in [2.24, 2.45) is 0 Å². The molecule has 0 amide bonds. The topological polar surface area (TPSA) is 0 Å². The molecule has 3 rings (SSSR count). The number of alkyl halides is 1. The van der Waals surface area contributed by atoms with Gasteiger partial charge in [-0.25, -0.2) is 0 Å². The van der Waals surface area contributed by atoms with E-state index in [2.05, 4.69) is 57.7 Å². The molecule has 102 valence electrons. The molecule has 0 N–H and O–H groups in total. The number of hydrogen-bond donors (Lipinski definition) is 0. The minimum atomic E-state index is 0.477. The number of benzene rings is 2. The molecule has 0 bridgehead atoms. The maximum Gasteiger partial charge on any atom is 0.0406 e. The summed E-state index contributed by atoms with van der Waals surface area (Å²) in [5.74, 6) is 0.477. The van der Waals surface area contributed by atoms with Gasteiger partial charge in [0.1, 0.15) is 0 Å². The Labute approximate surface area is 136 Å². The van der Waals surface area contributed by atoms with Crippen molar-refractivity contribution in [3.05, 3.63) is 70.1 Å². The smallest absolute Gasteiger partial charge is 0.0406 e. The van der Waals surface area contributed by atoms with Crippen LogP contribution < -0.4 is 0 Å². The summed E-state index contributed by atoms with van der Waals surface area (Å²) in [7, 11) is 0. The Morgan fingerprint density at radius 2 is 1.80 bits per heavy atom.